The molecule has 1 fully saturated rings. The van der Waals surface area contributed by atoms with E-state index in [9.17, 15) is 19.2 Å². The molecule has 124 valence electrons. The molecule has 0 bridgehead atoms. The standard InChI is InChI=1S/C14H22N2O5S/c1-15-11(17)9-12(18)16(14(15)20)10-13(19)21-7-5-3-4-6-8-22-2/h3-10H2,1-2H3. The van der Waals surface area contributed by atoms with Crippen LogP contribution in [0.3, 0.4) is 0 Å². The Morgan fingerprint density at radius 3 is 2.50 bits per heavy atom. The lowest BCUT2D eigenvalue weighted by atomic mass is 10.2. The summed E-state index contributed by atoms with van der Waals surface area (Å²) in [7, 11) is 1.28. The van der Waals surface area contributed by atoms with Crippen molar-refractivity contribution in [2.75, 3.05) is 32.2 Å². The van der Waals surface area contributed by atoms with Gasteiger partial charge in [-0.25, -0.2) is 4.79 Å². The first-order chi connectivity index (χ1) is 10.5. The van der Waals surface area contributed by atoms with Crippen molar-refractivity contribution in [1.82, 2.24) is 9.80 Å². The van der Waals surface area contributed by atoms with E-state index in [0.717, 1.165) is 41.2 Å². The Balaban J connectivity index is 2.25. The molecule has 0 unspecified atom stereocenters. The number of urea groups is 1. The maximum absolute atomic E-state index is 11.8. The van der Waals surface area contributed by atoms with Crippen LogP contribution < -0.4 is 0 Å². The number of carbonyl (C=O) groups is 4. The van der Waals surface area contributed by atoms with Gasteiger partial charge in [-0.15, -0.1) is 0 Å². The Kier molecular flexibility index (Phi) is 7.94. The fourth-order valence-electron chi connectivity index (χ4n) is 1.96. The number of barbiturate groups is 1. The number of unbranched alkanes of at least 4 members (excludes halogenated alkanes) is 3. The topological polar surface area (TPSA) is 84.0 Å². The molecule has 1 heterocycles. The van der Waals surface area contributed by atoms with Crippen molar-refractivity contribution in [2.45, 2.75) is 32.1 Å². The predicted octanol–water partition coefficient (Wildman–Crippen LogP) is 1.26. The molecule has 1 aliphatic rings. The summed E-state index contributed by atoms with van der Waals surface area (Å²) >= 11 is 1.81. The Hall–Kier alpha value is -1.57. The van der Waals surface area contributed by atoms with E-state index in [-0.39, 0.29) is 6.61 Å². The van der Waals surface area contributed by atoms with Crippen LogP contribution in [0.5, 0.6) is 0 Å². The first-order valence-corrected chi connectivity index (χ1v) is 8.62. The van der Waals surface area contributed by atoms with E-state index in [1.54, 1.807) is 0 Å². The van der Waals surface area contributed by atoms with Crippen LogP contribution in [-0.2, 0) is 19.1 Å². The molecule has 0 atom stereocenters. The first kappa shape index (κ1) is 18.5. The molecule has 0 aromatic carbocycles. The highest BCUT2D eigenvalue weighted by Crippen LogP contribution is 2.10. The van der Waals surface area contributed by atoms with Gasteiger partial charge in [0.2, 0.25) is 11.8 Å². The Bertz CT molecular complexity index is 441. The molecular weight excluding hydrogens is 308 g/mol. The van der Waals surface area contributed by atoms with Crippen LogP contribution in [0.2, 0.25) is 0 Å². The summed E-state index contributed by atoms with van der Waals surface area (Å²) in [6, 6.07) is -0.782. The highest BCUT2D eigenvalue weighted by atomic mass is 32.2. The van der Waals surface area contributed by atoms with Gasteiger partial charge in [0, 0.05) is 7.05 Å². The number of thioether (sulfide) groups is 1. The van der Waals surface area contributed by atoms with E-state index in [1.807, 2.05) is 11.8 Å². The van der Waals surface area contributed by atoms with Crippen LogP contribution in [0, 0.1) is 0 Å². The molecule has 0 aromatic rings. The molecule has 0 aromatic heterocycles. The van der Waals surface area contributed by atoms with Crippen molar-refractivity contribution in [3.8, 4) is 0 Å². The summed E-state index contributed by atoms with van der Waals surface area (Å²) in [5.41, 5.74) is 0. The molecular formula is C14H22N2O5S. The van der Waals surface area contributed by atoms with Crippen molar-refractivity contribution < 1.29 is 23.9 Å². The summed E-state index contributed by atoms with van der Waals surface area (Å²) in [5.74, 6) is -0.730. The predicted molar refractivity (Wildman–Crippen MR) is 82.3 cm³/mol. The van der Waals surface area contributed by atoms with E-state index in [0.29, 0.717) is 0 Å². The van der Waals surface area contributed by atoms with Crippen molar-refractivity contribution >= 4 is 35.6 Å². The summed E-state index contributed by atoms with van der Waals surface area (Å²) < 4.78 is 5.02. The summed E-state index contributed by atoms with van der Waals surface area (Å²) in [6.45, 7) is -0.162. The minimum absolute atomic E-state index is 0.281. The highest BCUT2D eigenvalue weighted by Gasteiger charge is 2.36. The van der Waals surface area contributed by atoms with Gasteiger partial charge in [-0.3, -0.25) is 24.2 Å². The molecule has 4 amide bonds. The third-order valence-corrected chi connectivity index (χ3v) is 3.99. The maximum Gasteiger partial charge on any atom is 0.333 e. The van der Waals surface area contributed by atoms with Crippen LogP contribution in [0.25, 0.3) is 0 Å². The fraction of sp³-hybridized carbons (Fsp3) is 0.714. The van der Waals surface area contributed by atoms with Crippen molar-refractivity contribution in [3.05, 3.63) is 0 Å². The van der Waals surface area contributed by atoms with Crippen molar-refractivity contribution in [2.24, 2.45) is 0 Å². The number of hydrogen-bond donors (Lipinski definition) is 0. The number of hydrogen-bond acceptors (Lipinski definition) is 6. The van der Waals surface area contributed by atoms with E-state index >= 15 is 0 Å². The van der Waals surface area contributed by atoms with E-state index in [1.165, 1.54) is 7.05 Å². The Labute approximate surface area is 134 Å². The molecule has 22 heavy (non-hydrogen) atoms. The summed E-state index contributed by atoms with van der Waals surface area (Å²) in [5, 5.41) is 0. The Morgan fingerprint density at radius 2 is 1.82 bits per heavy atom. The van der Waals surface area contributed by atoms with Gasteiger partial charge in [0.05, 0.1) is 6.61 Å². The molecule has 1 aliphatic heterocycles. The zero-order valence-electron chi connectivity index (χ0n) is 13.0. The minimum Gasteiger partial charge on any atom is -0.464 e. The lowest BCUT2D eigenvalue weighted by Crippen LogP contribution is -2.54. The van der Waals surface area contributed by atoms with E-state index < -0.39 is 36.8 Å². The lowest BCUT2D eigenvalue weighted by Gasteiger charge is -2.29. The van der Waals surface area contributed by atoms with Crippen LogP contribution in [0.15, 0.2) is 0 Å². The van der Waals surface area contributed by atoms with Crippen molar-refractivity contribution in [3.63, 3.8) is 0 Å². The van der Waals surface area contributed by atoms with Gasteiger partial charge in [-0.2, -0.15) is 11.8 Å². The molecule has 0 radical (unpaired) electrons. The second kappa shape index (κ2) is 9.45. The SMILES string of the molecule is CSCCCCCCOC(=O)CN1C(=O)CC(=O)N(C)C1=O. The smallest absolute Gasteiger partial charge is 0.333 e. The normalized spacial score (nSPS) is 15.5. The maximum atomic E-state index is 11.8. The average molecular weight is 330 g/mol. The summed E-state index contributed by atoms with van der Waals surface area (Å²) in [6.07, 6.45) is 5.65. The second-order valence-electron chi connectivity index (χ2n) is 5.02. The number of nitrogens with zero attached hydrogens (tertiary/aromatic N) is 2. The van der Waals surface area contributed by atoms with Gasteiger partial charge in [0.15, 0.2) is 0 Å². The molecule has 0 aliphatic carbocycles. The number of imide groups is 2. The van der Waals surface area contributed by atoms with Gasteiger partial charge in [0.25, 0.3) is 0 Å². The van der Waals surface area contributed by atoms with Crippen molar-refractivity contribution in [1.29, 1.82) is 0 Å². The largest absolute Gasteiger partial charge is 0.464 e. The average Bonchev–Trinajstić information content (AvgIpc) is 2.48. The van der Waals surface area contributed by atoms with Gasteiger partial charge < -0.3 is 4.74 Å². The zero-order valence-corrected chi connectivity index (χ0v) is 13.8. The van der Waals surface area contributed by atoms with Crippen LogP contribution in [0.1, 0.15) is 32.1 Å². The molecule has 1 rings (SSSR count). The second-order valence-corrected chi connectivity index (χ2v) is 6.01. The highest BCUT2D eigenvalue weighted by molar-refractivity contribution is 7.98. The third-order valence-electron chi connectivity index (χ3n) is 3.29. The van der Waals surface area contributed by atoms with E-state index in [2.05, 4.69) is 6.26 Å². The number of rotatable bonds is 9. The number of ether oxygens (including phenoxy) is 1. The van der Waals surface area contributed by atoms with Crippen LogP contribution in [0.4, 0.5) is 4.79 Å². The van der Waals surface area contributed by atoms with Crippen LogP contribution >= 0.6 is 11.8 Å². The van der Waals surface area contributed by atoms with Gasteiger partial charge in [0.1, 0.15) is 13.0 Å². The lowest BCUT2D eigenvalue weighted by molar-refractivity contribution is -0.151. The number of amides is 4. The molecule has 0 saturated carbocycles. The van der Waals surface area contributed by atoms with E-state index in [4.69, 9.17) is 4.74 Å². The number of esters is 1. The third kappa shape index (κ3) is 5.67. The molecule has 7 nitrogen and oxygen atoms in total. The molecule has 0 spiro atoms. The Morgan fingerprint density at radius 1 is 1.14 bits per heavy atom. The monoisotopic (exact) mass is 330 g/mol. The number of carbonyl (C=O) groups excluding carboxylic acids is 4. The fourth-order valence-corrected chi connectivity index (χ4v) is 2.45. The molecule has 1 saturated heterocycles. The minimum atomic E-state index is -0.782. The van der Waals surface area contributed by atoms with Gasteiger partial charge in [-0.05, 0) is 24.9 Å². The van der Waals surface area contributed by atoms with Gasteiger partial charge >= 0.3 is 12.0 Å². The molecule has 0 N–H and O–H groups in total. The first-order valence-electron chi connectivity index (χ1n) is 7.22. The van der Waals surface area contributed by atoms with Crippen LogP contribution in [-0.4, -0.2) is 65.8 Å². The molecule has 8 heteroatoms. The summed E-state index contributed by atoms with van der Waals surface area (Å²) in [4.78, 5) is 47.9. The van der Waals surface area contributed by atoms with Gasteiger partial charge in [-0.1, -0.05) is 12.8 Å². The zero-order chi connectivity index (χ0) is 16.5. The quantitative estimate of drug-likeness (QED) is 0.359.